The SMILES string of the molecule is Cc1ccc(C)c(OC(=O)C2CCCN(S(=O)(=O)c3cccs3)C2)c1C. The third kappa shape index (κ3) is 3.70. The van der Waals surface area contributed by atoms with Crippen molar-refractivity contribution in [3.63, 3.8) is 0 Å². The molecule has 1 aromatic carbocycles. The summed E-state index contributed by atoms with van der Waals surface area (Å²) in [7, 11) is -3.54. The predicted molar refractivity (Wildman–Crippen MR) is 102 cm³/mol. The lowest BCUT2D eigenvalue weighted by Gasteiger charge is -2.30. The standard InChI is InChI=1S/C19H23NO4S2/c1-13-8-9-14(2)18(15(13)3)24-19(21)16-6-4-10-20(12-16)26(22,23)17-7-5-11-25-17/h5,7-9,11,16H,4,6,10,12H2,1-3H3. The molecule has 140 valence electrons. The number of piperidine rings is 1. The van der Waals surface area contributed by atoms with Gasteiger partial charge in [-0.3, -0.25) is 4.79 Å². The minimum absolute atomic E-state index is 0.170. The molecule has 26 heavy (non-hydrogen) atoms. The Hall–Kier alpha value is -1.70. The van der Waals surface area contributed by atoms with Gasteiger partial charge in [-0.15, -0.1) is 11.3 Å². The maximum atomic E-state index is 12.7. The first-order valence-electron chi connectivity index (χ1n) is 8.63. The van der Waals surface area contributed by atoms with Crippen LogP contribution in [0.3, 0.4) is 0 Å². The molecule has 1 saturated heterocycles. The molecule has 0 saturated carbocycles. The van der Waals surface area contributed by atoms with Gasteiger partial charge in [0.05, 0.1) is 5.92 Å². The molecule has 0 N–H and O–H groups in total. The summed E-state index contributed by atoms with van der Waals surface area (Å²) >= 11 is 1.20. The van der Waals surface area contributed by atoms with Gasteiger partial charge in [0.15, 0.2) is 0 Å². The van der Waals surface area contributed by atoms with E-state index in [2.05, 4.69) is 0 Å². The third-order valence-corrected chi connectivity index (χ3v) is 8.12. The van der Waals surface area contributed by atoms with Crippen molar-refractivity contribution in [2.24, 2.45) is 5.92 Å². The molecule has 7 heteroatoms. The van der Waals surface area contributed by atoms with E-state index in [0.29, 0.717) is 29.3 Å². The van der Waals surface area contributed by atoms with Crippen molar-refractivity contribution in [1.82, 2.24) is 4.31 Å². The summed E-state index contributed by atoms with van der Waals surface area (Å²) in [5.74, 6) is -0.209. The van der Waals surface area contributed by atoms with Crippen molar-refractivity contribution < 1.29 is 17.9 Å². The van der Waals surface area contributed by atoms with Crippen molar-refractivity contribution >= 4 is 27.3 Å². The Kier molecular flexibility index (Phi) is 5.50. The number of carbonyl (C=O) groups is 1. The number of esters is 1. The molecule has 2 aromatic rings. The van der Waals surface area contributed by atoms with Gasteiger partial charge in [0.2, 0.25) is 0 Å². The summed E-state index contributed by atoms with van der Waals surface area (Å²) in [5, 5.41) is 1.74. The number of carbonyl (C=O) groups excluding carboxylic acids is 1. The number of hydrogen-bond donors (Lipinski definition) is 0. The Morgan fingerprint density at radius 3 is 2.62 bits per heavy atom. The fourth-order valence-corrected chi connectivity index (χ4v) is 5.83. The molecule has 1 aliphatic rings. The van der Waals surface area contributed by atoms with Crippen molar-refractivity contribution in [2.75, 3.05) is 13.1 Å². The van der Waals surface area contributed by atoms with E-state index < -0.39 is 15.9 Å². The zero-order valence-electron chi connectivity index (χ0n) is 15.2. The first kappa shape index (κ1) is 19.1. The van der Waals surface area contributed by atoms with Crippen molar-refractivity contribution in [3.8, 4) is 5.75 Å². The summed E-state index contributed by atoms with van der Waals surface area (Å²) in [4.78, 5) is 12.7. The summed E-state index contributed by atoms with van der Waals surface area (Å²) in [6, 6.07) is 7.25. The van der Waals surface area contributed by atoms with Crippen molar-refractivity contribution in [2.45, 2.75) is 37.8 Å². The van der Waals surface area contributed by atoms with Crippen LogP contribution in [-0.2, 0) is 14.8 Å². The number of hydrogen-bond acceptors (Lipinski definition) is 5. The quantitative estimate of drug-likeness (QED) is 0.587. The molecule has 1 aromatic heterocycles. The van der Waals surface area contributed by atoms with Crippen LogP contribution in [0, 0.1) is 26.7 Å². The Bertz CT molecular complexity index is 904. The molecular weight excluding hydrogens is 370 g/mol. The molecule has 0 radical (unpaired) electrons. The highest BCUT2D eigenvalue weighted by atomic mass is 32.2. The molecule has 1 atom stereocenters. The molecule has 0 spiro atoms. The highest BCUT2D eigenvalue weighted by molar-refractivity contribution is 7.91. The number of sulfonamides is 1. The van der Waals surface area contributed by atoms with E-state index >= 15 is 0 Å². The molecule has 5 nitrogen and oxygen atoms in total. The molecule has 1 unspecified atom stereocenters. The summed E-state index contributed by atoms with van der Waals surface area (Å²) < 4.78 is 32.8. The third-order valence-electron chi connectivity index (χ3n) is 4.88. The summed E-state index contributed by atoms with van der Waals surface area (Å²) in [5.41, 5.74) is 2.90. The Morgan fingerprint density at radius 1 is 1.19 bits per heavy atom. The van der Waals surface area contributed by atoms with Gasteiger partial charge in [-0.2, -0.15) is 4.31 Å². The number of ether oxygens (including phenoxy) is 1. The van der Waals surface area contributed by atoms with E-state index in [1.54, 1.807) is 17.5 Å². The van der Waals surface area contributed by atoms with Crippen LogP contribution in [0.4, 0.5) is 0 Å². The van der Waals surface area contributed by atoms with Gasteiger partial charge in [0.25, 0.3) is 10.0 Å². The van der Waals surface area contributed by atoms with E-state index in [-0.39, 0.29) is 12.5 Å². The highest BCUT2D eigenvalue weighted by Crippen LogP contribution is 2.30. The normalized spacial score (nSPS) is 18.7. The van der Waals surface area contributed by atoms with Crippen LogP contribution >= 0.6 is 11.3 Å². The maximum absolute atomic E-state index is 12.7. The van der Waals surface area contributed by atoms with Crippen LogP contribution in [0.15, 0.2) is 33.9 Å². The van der Waals surface area contributed by atoms with Crippen LogP contribution < -0.4 is 4.74 Å². The fraction of sp³-hybridized carbons (Fsp3) is 0.421. The molecule has 1 fully saturated rings. The zero-order chi connectivity index (χ0) is 18.9. The van der Waals surface area contributed by atoms with Crippen LogP contribution in [0.25, 0.3) is 0 Å². The Balaban J connectivity index is 1.76. The van der Waals surface area contributed by atoms with E-state index in [1.165, 1.54) is 15.6 Å². The van der Waals surface area contributed by atoms with Crippen LogP contribution in [0.5, 0.6) is 5.75 Å². The minimum Gasteiger partial charge on any atom is -0.426 e. The van der Waals surface area contributed by atoms with E-state index in [0.717, 1.165) is 16.7 Å². The number of aryl methyl sites for hydroxylation is 2. The second kappa shape index (κ2) is 7.50. The molecule has 3 rings (SSSR count). The number of nitrogens with zero attached hydrogens (tertiary/aromatic N) is 1. The monoisotopic (exact) mass is 393 g/mol. The van der Waals surface area contributed by atoms with Gasteiger partial charge in [-0.05, 0) is 61.7 Å². The van der Waals surface area contributed by atoms with Crippen LogP contribution in [0.2, 0.25) is 0 Å². The molecule has 1 aliphatic heterocycles. The first-order valence-corrected chi connectivity index (χ1v) is 10.9. The lowest BCUT2D eigenvalue weighted by atomic mass is 9.99. The lowest BCUT2D eigenvalue weighted by molar-refractivity contribution is -0.140. The van der Waals surface area contributed by atoms with E-state index in [4.69, 9.17) is 4.74 Å². The first-order chi connectivity index (χ1) is 12.3. The lowest BCUT2D eigenvalue weighted by Crippen LogP contribution is -2.43. The second-order valence-electron chi connectivity index (χ2n) is 6.71. The predicted octanol–water partition coefficient (Wildman–Crippen LogP) is 3.68. The van der Waals surface area contributed by atoms with Gasteiger partial charge in [0, 0.05) is 13.1 Å². The summed E-state index contributed by atoms with van der Waals surface area (Å²) in [6.07, 6.45) is 1.29. The zero-order valence-corrected chi connectivity index (χ0v) is 16.8. The average Bonchev–Trinajstić information content (AvgIpc) is 3.17. The number of thiophene rings is 1. The van der Waals surface area contributed by atoms with Gasteiger partial charge in [0.1, 0.15) is 9.96 Å². The molecule has 0 amide bonds. The van der Waals surface area contributed by atoms with E-state index in [1.807, 2.05) is 32.9 Å². The largest absolute Gasteiger partial charge is 0.426 e. The number of rotatable bonds is 4. The highest BCUT2D eigenvalue weighted by Gasteiger charge is 2.35. The molecule has 2 heterocycles. The Labute approximate surface area is 158 Å². The molecule has 0 bridgehead atoms. The smallest absolute Gasteiger partial charge is 0.315 e. The van der Waals surface area contributed by atoms with E-state index in [9.17, 15) is 13.2 Å². The van der Waals surface area contributed by atoms with Crippen LogP contribution in [0.1, 0.15) is 29.5 Å². The van der Waals surface area contributed by atoms with Crippen molar-refractivity contribution in [3.05, 3.63) is 46.3 Å². The summed E-state index contributed by atoms with van der Waals surface area (Å²) in [6.45, 7) is 6.42. The minimum atomic E-state index is -3.54. The Morgan fingerprint density at radius 2 is 1.92 bits per heavy atom. The number of benzene rings is 1. The second-order valence-corrected chi connectivity index (χ2v) is 9.82. The topological polar surface area (TPSA) is 63.7 Å². The molecule has 0 aliphatic carbocycles. The maximum Gasteiger partial charge on any atom is 0.315 e. The van der Waals surface area contributed by atoms with Gasteiger partial charge < -0.3 is 4.74 Å². The van der Waals surface area contributed by atoms with Gasteiger partial charge in [-0.1, -0.05) is 18.2 Å². The van der Waals surface area contributed by atoms with Gasteiger partial charge in [-0.25, -0.2) is 8.42 Å². The fourth-order valence-electron chi connectivity index (χ4n) is 3.16. The van der Waals surface area contributed by atoms with Crippen molar-refractivity contribution in [1.29, 1.82) is 0 Å². The van der Waals surface area contributed by atoms with Gasteiger partial charge >= 0.3 is 5.97 Å². The molecular formula is C19H23NO4S2. The average molecular weight is 394 g/mol. The van der Waals surface area contributed by atoms with Crippen LogP contribution in [-0.4, -0.2) is 31.8 Å².